The molecule has 0 N–H and O–H groups in total. The lowest BCUT2D eigenvalue weighted by Gasteiger charge is -2.12. The van der Waals surface area contributed by atoms with E-state index >= 15 is 0 Å². The van der Waals surface area contributed by atoms with Gasteiger partial charge in [-0.25, -0.2) is 9.97 Å². The summed E-state index contributed by atoms with van der Waals surface area (Å²) in [5.74, 6) is 0. The van der Waals surface area contributed by atoms with Crippen molar-refractivity contribution in [1.29, 1.82) is 0 Å². The molecule has 0 radical (unpaired) electrons. The number of aryl methyl sites for hydroxylation is 1. The van der Waals surface area contributed by atoms with E-state index in [-0.39, 0.29) is 0 Å². The van der Waals surface area contributed by atoms with Gasteiger partial charge in [-0.3, -0.25) is 0 Å². The average Bonchev–Trinajstić information content (AvgIpc) is 2.49. The fraction of sp³-hybridized carbons (Fsp3) is 0.0588. The topological polar surface area (TPSA) is 25.8 Å². The summed E-state index contributed by atoms with van der Waals surface area (Å²) in [5, 5.41) is 0. The summed E-state index contributed by atoms with van der Waals surface area (Å²) >= 11 is 0. The summed E-state index contributed by atoms with van der Waals surface area (Å²) < 4.78 is 0. The Bertz CT molecular complexity index is 676. The molecule has 0 spiro atoms. The Labute approximate surface area is 112 Å². The predicted octanol–water partition coefficient (Wildman–Crippen LogP) is 4.12. The van der Waals surface area contributed by atoms with E-state index in [1.54, 1.807) is 6.33 Å². The molecule has 0 unspecified atom stereocenters. The summed E-state index contributed by atoms with van der Waals surface area (Å²) in [6, 6.07) is 16.8. The largest absolute Gasteiger partial charge is 0.244 e. The second-order valence-electron chi connectivity index (χ2n) is 4.49. The third kappa shape index (κ3) is 2.25. The van der Waals surface area contributed by atoms with Crippen LogP contribution in [-0.2, 0) is 0 Å². The Morgan fingerprint density at radius 3 is 2.21 bits per heavy atom. The molecule has 2 aromatic carbocycles. The van der Waals surface area contributed by atoms with Gasteiger partial charge in [0.25, 0.3) is 0 Å². The van der Waals surface area contributed by atoms with Gasteiger partial charge in [-0.1, -0.05) is 48.5 Å². The second-order valence-corrected chi connectivity index (χ2v) is 4.49. The highest BCUT2D eigenvalue weighted by atomic mass is 14.8. The second kappa shape index (κ2) is 5.02. The molecule has 0 atom stereocenters. The summed E-state index contributed by atoms with van der Waals surface area (Å²) in [6.07, 6.45) is 5.27. The fourth-order valence-corrected chi connectivity index (χ4v) is 2.33. The van der Waals surface area contributed by atoms with Crippen molar-refractivity contribution in [3.8, 4) is 22.3 Å². The number of nitrogens with zero attached hydrogens (tertiary/aromatic N) is 2. The van der Waals surface area contributed by atoms with E-state index in [0.717, 1.165) is 5.56 Å². The van der Waals surface area contributed by atoms with Gasteiger partial charge in [-0.15, -0.1) is 0 Å². The van der Waals surface area contributed by atoms with Crippen LogP contribution < -0.4 is 0 Å². The van der Waals surface area contributed by atoms with E-state index in [1.807, 2.05) is 18.5 Å². The van der Waals surface area contributed by atoms with Crippen molar-refractivity contribution < 1.29 is 0 Å². The highest BCUT2D eigenvalue weighted by molar-refractivity contribution is 5.85. The first kappa shape index (κ1) is 11.6. The highest BCUT2D eigenvalue weighted by Gasteiger charge is 2.09. The molecule has 0 aliphatic rings. The normalized spacial score (nSPS) is 10.4. The maximum absolute atomic E-state index is 4.11. The van der Waals surface area contributed by atoms with E-state index < -0.39 is 0 Å². The van der Waals surface area contributed by atoms with Gasteiger partial charge >= 0.3 is 0 Å². The molecular formula is C17H14N2. The summed E-state index contributed by atoms with van der Waals surface area (Å²) in [6.45, 7) is 2.13. The van der Waals surface area contributed by atoms with Gasteiger partial charge in [0, 0.05) is 18.0 Å². The Balaban J connectivity index is 2.25. The molecular weight excluding hydrogens is 232 g/mol. The van der Waals surface area contributed by atoms with Crippen molar-refractivity contribution in [3.05, 3.63) is 72.8 Å². The Kier molecular flexibility index (Phi) is 3.07. The van der Waals surface area contributed by atoms with Crippen molar-refractivity contribution in [2.24, 2.45) is 0 Å². The van der Waals surface area contributed by atoms with Gasteiger partial charge in [0.05, 0.1) is 0 Å². The molecule has 0 aliphatic carbocycles. The van der Waals surface area contributed by atoms with Crippen LogP contribution in [0.15, 0.2) is 67.3 Å². The quantitative estimate of drug-likeness (QED) is 0.679. The van der Waals surface area contributed by atoms with Gasteiger partial charge in [0.15, 0.2) is 0 Å². The van der Waals surface area contributed by atoms with Crippen LogP contribution in [0.2, 0.25) is 0 Å². The Morgan fingerprint density at radius 1 is 0.737 bits per heavy atom. The SMILES string of the molecule is Cc1cccc(-c2cncnc2)c1-c1ccccc1. The first-order valence-corrected chi connectivity index (χ1v) is 6.26. The van der Waals surface area contributed by atoms with Crippen molar-refractivity contribution in [2.75, 3.05) is 0 Å². The molecule has 1 heterocycles. The standard InChI is InChI=1S/C17H14N2/c1-13-6-5-9-16(15-10-18-12-19-11-15)17(13)14-7-3-2-4-8-14/h2-12H,1H3. The van der Waals surface area contributed by atoms with Crippen LogP contribution in [0.3, 0.4) is 0 Å². The fourth-order valence-electron chi connectivity index (χ4n) is 2.33. The van der Waals surface area contributed by atoms with Crippen LogP contribution in [0.4, 0.5) is 0 Å². The lowest BCUT2D eigenvalue weighted by atomic mass is 9.92. The zero-order valence-corrected chi connectivity index (χ0v) is 10.7. The molecule has 0 aliphatic heterocycles. The maximum Gasteiger partial charge on any atom is 0.115 e. The predicted molar refractivity (Wildman–Crippen MR) is 77.6 cm³/mol. The van der Waals surface area contributed by atoms with Gasteiger partial charge < -0.3 is 0 Å². The van der Waals surface area contributed by atoms with E-state index in [0.29, 0.717) is 0 Å². The molecule has 0 saturated carbocycles. The molecule has 3 aromatic rings. The summed E-state index contributed by atoms with van der Waals surface area (Å²) in [7, 11) is 0. The van der Waals surface area contributed by atoms with E-state index in [9.17, 15) is 0 Å². The number of aromatic nitrogens is 2. The highest BCUT2D eigenvalue weighted by Crippen LogP contribution is 2.33. The minimum atomic E-state index is 1.05. The van der Waals surface area contributed by atoms with E-state index in [2.05, 4.69) is 59.4 Å². The van der Waals surface area contributed by atoms with Gasteiger partial charge in [0.2, 0.25) is 0 Å². The smallest absolute Gasteiger partial charge is 0.115 e. The number of hydrogen-bond donors (Lipinski definition) is 0. The molecule has 2 nitrogen and oxygen atoms in total. The molecule has 0 amide bonds. The number of hydrogen-bond acceptors (Lipinski definition) is 2. The van der Waals surface area contributed by atoms with E-state index in [1.165, 1.54) is 22.3 Å². The maximum atomic E-state index is 4.11. The molecule has 92 valence electrons. The third-order valence-electron chi connectivity index (χ3n) is 3.21. The summed E-state index contributed by atoms with van der Waals surface area (Å²) in [5.41, 5.74) is 5.95. The van der Waals surface area contributed by atoms with Gasteiger partial charge in [0.1, 0.15) is 6.33 Å². The van der Waals surface area contributed by atoms with Crippen LogP contribution in [0.25, 0.3) is 22.3 Å². The lowest BCUT2D eigenvalue weighted by Crippen LogP contribution is -1.90. The van der Waals surface area contributed by atoms with Crippen LogP contribution in [0.1, 0.15) is 5.56 Å². The first-order valence-electron chi connectivity index (χ1n) is 6.26. The van der Waals surface area contributed by atoms with Crippen LogP contribution in [0, 0.1) is 6.92 Å². The van der Waals surface area contributed by atoms with Crippen molar-refractivity contribution >= 4 is 0 Å². The van der Waals surface area contributed by atoms with Crippen molar-refractivity contribution in [2.45, 2.75) is 6.92 Å². The van der Waals surface area contributed by atoms with Crippen LogP contribution in [0.5, 0.6) is 0 Å². The van der Waals surface area contributed by atoms with Crippen molar-refractivity contribution in [3.63, 3.8) is 0 Å². The number of rotatable bonds is 2. The minimum Gasteiger partial charge on any atom is -0.244 e. The molecule has 2 heteroatoms. The molecule has 19 heavy (non-hydrogen) atoms. The molecule has 0 fully saturated rings. The zero-order valence-electron chi connectivity index (χ0n) is 10.7. The number of benzene rings is 2. The van der Waals surface area contributed by atoms with Gasteiger partial charge in [-0.05, 0) is 29.2 Å². The molecule has 3 rings (SSSR count). The summed E-state index contributed by atoms with van der Waals surface area (Å²) in [4.78, 5) is 8.23. The molecule has 1 aromatic heterocycles. The first-order chi connectivity index (χ1) is 9.36. The molecule has 0 bridgehead atoms. The van der Waals surface area contributed by atoms with Crippen molar-refractivity contribution in [1.82, 2.24) is 9.97 Å². The third-order valence-corrected chi connectivity index (χ3v) is 3.21. The zero-order chi connectivity index (χ0) is 13.1. The Hall–Kier alpha value is -2.48. The van der Waals surface area contributed by atoms with Gasteiger partial charge in [-0.2, -0.15) is 0 Å². The lowest BCUT2D eigenvalue weighted by molar-refractivity contribution is 1.17. The van der Waals surface area contributed by atoms with Crippen LogP contribution >= 0.6 is 0 Å². The monoisotopic (exact) mass is 246 g/mol. The molecule has 0 saturated heterocycles. The van der Waals surface area contributed by atoms with E-state index in [4.69, 9.17) is 0 Å². The average molecular weight is 246 g/mol. The minimum absolute atomic E-state index is 1.05. The van der Waals surface area contributed by atoms with Crippen LogP contribution in [-0.4, -0.2) is 9.97 Å². The Morgan fingerprint density at radius 2 is 1.47 bits per heavy atom.